The van der Waals surface area contributed by atoms with Crippen LogP contribution in [0.1, 0.15) is 4.88 Å². The fraction of sp³-hybridized carbons (Fsp3) is 0.111. The second kappa shape index (κ2) is 5.24. The first-order valence-electron chi connectivity index (χ1n) is 4.54. The first-order chi connectivity index (χ1) is 7.79. The van der Waals surface area contributed by atoms with E-state index in [1.807, 2.05) is 11.4 Å². The van der Waals surface area contributed by atoms with Crippen molar-refractivity contribution >= 4 is 38.9 Å². The smallest absolute Gasteiger partial charge is 0.160 e. The summed E-state index contributed by atoms with van der Waals surface area (Å²) in [6, 6.07) is 2.02. The number of hydrogen-bond donors (Lipinski definition) is 3. The molecule has 0 aliphatic heterocycles. The van der Waals surface area contributed by atoms with E-state index in [4.69, 9.17) is 5.84 Å². The Morgan fingerprint density at radius 1 is 1.38 bits per heavy atom. The van der Waals surface area contributed by atoms with Gasteiger partial charge in [0, 0.05) is 9.35 Å². The summed E-state index contributed by atoms with van der Waals surface area (Å²) < 4.78 is 1.10. The Morgan fingerprint density at radius 2 is 2.19 bits per heavy atom. The zero-order chi connectivity index (χ0) is 11.4. The molecule has 0 spiro atoms. The number of nitrogens with one attached hydrogen (secondary N) is 2. The Kier molecular flexibility index (Phi) is 3.70. The van der Waals surface area contributed by atoms with Crippen LogP contribution in [0.4, 0.5) is 11.6 Å². The Bertz CT molecular complexity index is 472. The molecule has 0 unspecified atom stereocenters. The summed E-state index contributed by atoms with van der Waals surface area (Å²) in [5, 5.41) is 5.21. The van der Waals surface area contributed by atoms with Gasteiger partial charge in [0.1, 0.15) is 5.82 Å². The van der Waals surface area contributed by atoms with Crippen LogP contribution in [0.5, 0.6) is 0 Å². The predicted molar refractivity (Wildman–Crippen MR) is 69.2 cm³/mol. The minimum absolute atomic E-state index is 0.537. The fourth-order valence-corrected chi connectivity index (χ4v) is 2.57. The molecule has 0 saturated carbocycles. The summed E-state index contributed by atoms with van der Waals surface area (Å²) in [5.41, 5.74) is 2.45. The Hall–Kier alpha value is -1.18. The van der Waals surface area contributed by atoms with Crippen LogP contribution in [-0.4, -0.2) is 9.97 Å². The zero-order valence-electron chi connectivity index (χ0n) is 8.27. The molecule has 0 amide bonds. The Morgan fingerprint density at radius 3 is 2.88 bits per heavy atom. The van der Waals surface area contributed by atoms with E-state index >= 15 is 0 Å². The van der Waals surface area contributed by atoms with Crippen molar-refractivity contribution in [2.24, 2.45) is 5.84 Å². The van der Waals surface area contributed by atoms with Crippen LogP contribution in [0.15, 0.2) is 28.3 Å². The molecule has 0 aliphatic carbocycles. The fourth-order valence-electron chi connectivity index (χ4n) is 1.14. The van der Waals surface area contributed by atoms with Crippen LogP contribution >= 0.6 is 27.3 Å². The van der Waals surface area contributed by atoms with Crippen LogP contribution in [0, 0.1) is 0 Å². The third kappa shape index (κ3) is 2.69. The maximum absolute atomic E-state index is 5.25. The van der Waals surface area contributed by atoms with Gasteiger partial charge in [-0.1, -0.05) is 0 Å². The number of halogens is 1. The predicted octanol–water partition coefficient (Wildman–Crippen LogP) is 2.20. The van der Waals surface area contributed by atoms with Gasteiger partial charge in [-0.2, -0.15) is 0 Å². The maximum atomic E-state index is 5.25. The normalized spacial score (nSPS) is 10.1. The van der Waals surface area contributed by atoms with E-state index in [1.54, 1.807) is 23.7 Å². The monoisotopic (exact) mass is 299 g/mol. The molecule has 2 rings (SSSR count). The van der Waals surface area contributed by atoms with E-state index in [9.17, 15) is 0 Å². The lowest BCUT2D eigenvalue weighted by atomic mass is 10.4. The molecule has 2 aromatic heterocycles. The highest BCUT2D eigenvalue weighted by Gasteiger charge is 2.02. The van der Waals surface area contributed by atoms with Gasteiger partial charge in [0.25, 0.3) is 0 Å². The Labute approximate surface area is 105 Å². The molecule has 0 atom stereocenters. The average Bonchev–Trinajstić information content (AvgIpc) is 2.72. The van der Waals surface area contributed by atoms with E-state index in [0.717, 1.165) is 4.47 Å². The molecular formula is C9H10BrN5S. The number of hydrogen-bond acceptors (Lipinski definition) is 6. The third-order valence-electron chi connectivity index (χ3n) is 1.90. The molecule has 0 aliphatic rings. The number of anilines is 2. The van der Waals surface area contributed by atoms with Crippen molar-refractivity contribution in [1.29, 1.82) is 0 Å². The number of nitrogen functional groups attached to an aromatic ring is 1. The third-order valence-corrected chi connectivity index (χ3v) is 3.83. The largest absolute Gasteiger partial charge is 0.364 e. The van der Waals surface area contributed by atoms with Gasteiger partial charge >= 0.3 is 0 Å². The number of hydrazine groups is 1. The minimum atomic E-state index is 0.537. The standard InChI is InChI=1S/C9H10BrN5S/c10-6-1-2-16-7(6)3-13-8-4-12-5-9(14-8)15-11/h1-2,4-5H,3,11H2,(H2,13,14,15). The first kappa shape index (κ1) is 11.3. The molecule has 0 saturated heterocycles. The summed E-state index contributed by atoms with van der Waals surface area (Å²) in [7, 11) is 0. The number of thiophene rings is 1. The van der Waals surface area contributed by atoms with E-state index < -0.39 is 0 Å². The van der Waals surface area contributed by atoms with Crippen LogP contribution in [0.3, 0.4) is 0 Å². The average molecular weight is 300 g/mol. The molecule has 2 aromatic rings. The van der Waals surface area contributed by atoms with Gasteiger partial charge in [-0.3, -0.25) is 4.98 Å². The molecule has 2 heterocycles. The van der Waals surface area contributed by atoms with E-state index in [2.05, 4.69) is 36.6 Å². The molecule has 16 heavy (non-hydrogen) atoms. The lowest BCUT2D eigenvalue weighted by molar-refractivity contribution is 1.09. The lowest BCUT2D eigenvalue weighted by Crippen LogP contribution is -2.10. The van der Waals surface area contributed by atoms with Gasteiger partial charge in [0.15, 0.2) is 5.82 Å². The summed E-state index contributed by atoms with van der Waals surface area (Å²) in [5.74, 6) is 6.48. The maximum Gasteiger partial charge on any atom is 0.160 e. The van der Waals surface area contributed by atoms with Crippen molar-refractivity contribution in [3.8, 4) is 0 Å². The highest BCUT2D eigenvalue weighted by molar-refractivity contribution is 9.10. The van der Waals surface area contributed by atoms with Crippen LogP contribution in [0.25, 0.3) is 0 Å². The number of rotatable bonds is 4. The Balaban J connectivity index is 2.02. The van der Waals surface area contributed by atoms with E-state index in [1.165, 1.54) is 4.88 Å². The lowest BCUT2D eigenvalue weighted by Gasteiger charge is -2.05. The topological polar surface area (TPSA) is 75.9 Å². The van der Waals surface area contributed by atoms with Crippen molar-refractivity contribution in [2.75, 3.05) is 10.7 Å². The van der Waals surface area contributed by atoms with Crippen LogP contribution in [-0.2, 0) is 6.54 Å². The van der Waals surface area contributed by atoms with Gasteiger partial charge in [-0.15, -0.1) is 11.3 Å². The number of aromatic nitrogens is 2. The highest BCUT2D eigenvalue weighted by Crippen LogP contribution is 2.23. The van der Waals surface area contributed by atoms with Crippen LogP contribution < -0.4 is 16.6 Å². The number of nitrogens with two attached hydrogens (primary N) is 1. The van der Waals surface area contributed by atoms with Crippen LogP contribution in [0.2, 0.25) is 0 Å². The SMILES string of the molecule is NNc1cncc(NCc2sccc2Br)n1. The van der Waals surface area contributed by atoms with Crippen molar-refractivity contribution in [3.63, 3.8) is 0 Å². The van der Waals surface area contributed by atoms with Crippen molar-refractivity contribution in [1.82, 2.24) is 9.97 Å². The van der Waals surface area contributed by atoms with Crippen molar-refractivity contribution in [3.05, 3.63) is 33.2 Å². The molecule has 84 valence electrons. The minimum Gasteiger partial charge on any atom is -0.364 e. The summed E-state index contributed by atoms with van der Waals surface area (Å²) in [4.78, 5) is 9.42. The van der Waals surface area contributed by atoms with E-state index in [-0.39, 0.29) is 0 Å². The van der Waals surface area contributed by atoms with Crippen molar-refractivity contribution in [2.45, 2.75) is 6.54 Å². The second-order valence-corrected chi connectivity index (χ2v) is 4.83. The highest BCUT2D eigenvalue weighted by atomic mass is 79.9. The van der Waals surface area contributed by atoms with Gasteiger partial charge in [0.2, 0.25) is 0 Å². The molecular weight excluding hydrogens is 290 g/mol. The first-order valence-corrected chi connectivity index (χ1v) is 6.21. The van der Waals surface area contributed by atoms with Crippen molar-refractivity contribution < 1.29 is 0 Å². The molecule has 4 N–H and O–H groups in total. The molecule has 0 aromatic carbocycles. The summed E-state index contributed by atoms with van der Waals surface area (Å²) in [6.07, 6.45) is 3.22. The molecule has 0 bridgehead atoms. The number of nitrogens with zero attached hydrogens (tertiary/aromatic N) is 2. The molecule has 5 nitrogen and oxygen atoms in total. The zero-order valence-corrected chi connectivity index (χ0v) is 10.7. The second-order valence-electron chi connectivity index (χ2n) is 2.98. The molecule has 0 fully saturated rings. The molecule has 0 radical (unpaired) electrons. The quantitative estimate of drug-likeness (QED) is 0.596. The van der Waals surface area contributed by atoms with Gasteiger partial charge in [-0.05, 0) is 27.4 Å². The molecule has 7 heteroatoms. The summed E-state index contributed by atoms with van der Waals surface area (Å²) >= 11 is 5.15. The van der Waals surface area contributed by atoms with E-state index in [0.29, 0.717) is 18.2 Å². The summed E-state index contributed by atoms with van der Waals surface area (Å²) in [6.45, 7) is 0.709. The van der Waals surface area contributed by atoms with Gasteiger partial charge in [0.05, 0.1) is 18.9 Å². The van der Waals surface area contributed by atoms with Gasteiger partial charge in [-0.25, -0.2) is 10.8 Å². The van der Waals surface area contributed by atoms with Gasteiger partial charge < -0.3 is 10.7 Å².